The second-order valence-electron chi connectivity index (χ2n) is 5.86. The zero-order chi connectivity index (χ0) is 17.7. The molecule has 2 aromatic heterocycles. The minimum absolute atomic E-state index is 0.0982. The average Bonchev–Trinajstić information content (AvgIpc) is 2.96. The van der Waals surface area contributed by atoms with Crippen molar-refractivity contribution in [3.8, 4) is 0 Å². The van der Waals surface area contributed by atoms with Crippen molar-refractivity contribution < 1.29 is 14.7 Å². The summed E-state index contributed by atoms with van der Waals surface area (Å²) < 4.78 is 0. The summed E-state index contributed by atoms with van der Waals surface area (Å²) in [7, 11) is 0. The Balaban J connectivity index is 1.97. The molecule has 0 aliphatic carbocycles. The number of hydrogen-bond acceptors (Lipinski definition) is 4. The van der Waals surface area contributed by atoms with E-state index < -0.39 is 5.97 Å². The molecule has 1 aliphatic heterocycles. The summed E-state index contributed by atoms with van der Waals surface area (Å²) in [6.45, 7) is 4.05. The van der Waals surface area contributed by atoms with Crippen molar-refractivity contribution >= 4 is 50.6 Å². The quantitative estimate of drug-likeness (QED) is 0.724. The Kier molecular flexibility index (Phi) is 3.47. The van der Waals surface area contributed by atoms with Gasteiger partial charge in [0.25, 0.3) is 0 Å². The number of aromatic carboxylic acids is 1. The lowest BCUT2D eigenvalue weighted by atomic mass is 10.1. The number of nitrogens with one attached hydrogen (secondary N) is 1. The van der Waals surface area contributed by atoms with Crippen LogP contribution in [-0.4, -0.2) is 22.1 Å². The van der Waals surface area contributed by atoms with E-state index in [1.807, 2.05) is 19.1 Å². The molecule has 0 radical (unpaired) electrons. The Morgan fingerprint density at radius 1 is 1.32 bits per heavy atom. The Morgan fingerprint density at radius 3 is 2.80 bits per heavy atom. The van der Waals surface area contributed by atoms with Gasteiger partial charge in [-0.2, -0.15) is 0 Å². The summed E-state index contributed by atoms with van der Waals surface area (Å²) >= 11 is 1.07. The van der Waals surface area contributed by atoms with E-state index in [4.69, 9.17) is 0 Å². The largest absolute Gasteiger partial charge is 0.477 e. The van der Waals surface area contributed by atoms with Crippen LogP contribution >= 0.6 is 11.3 Å². The fourth-order valence-corrected chi connectivity index (χ4v) is 4.12. The lowest BCUT2D eigenvalue weighted by Crippen LogP contribution is -2.34. The van der Waals surface area contributed by atoms with Crippen molar-refractivity contribution in [2.45, 2.75) is 20.3 Å². The molecule has 0 unspecified atom stereocenters. The molecular formula is C18H15N3O3S. The molecule has 0 saturated carbocycles. The number of aromatic nitrogens is 1. The summed E-state index contributed by atoms with van der Waals surface area (Å²) in [6, 6.07) is 7.37. The SMILES string of the molecule is CCc1ccc(N2C(=O)Nc3c(C(=O)O)sc4nccc2c34)c(C)c1. The van der Waals surface area contributed by atoms with Crippen molar-refractivity contribution in [1.29, 1.82) is 0 Å². The first-order valence-electron chi connectivity index (χ1n) is 7.86. The molecule has 1 aliphatic rings. The zero-order valence-electron chi connectivity index (χ0n) is 13.7. The first kappa shape index (κ1) is 15.6. The summed E-state index contributed by atoms with van der Waals surface area (Å²) in [6.07, 6.45) is 2.52. The van der Waals surface area contributed by atoms with E-state index in [-0.39, 0.29) is 10.9 Å². The van der Waals surface area contributed by atoms with E-state index in [0.29, 0.717) is 21.6 Å². The number of anilines is 3. The smallest absolute Gasteiger partial charge is 0.348 e. The van der Waals surface area contributed by atoms with Gasteiger partial charge in [-0.25, -0.2) is 14.6 Å². The molecule has 2 amide bonds. The summed E-state index contributed by atoms with van der Waals surface area (Å²) in [4.78, 5) is 30.8. The molecule has 4 rings (SSSR count). The second kappa shape index (κ2) is 5.56. The highest BCUT2D eigenvalue weighted by atomic mass is 32.1. The lowest BCUT2D eigenvalue weighted by molar-refractivity contribution is 0.0703. The van der Waals surface area contributed by atoms with E-state index in [1.54, 1.807) is 17.2 Å². The maximum atomic E-state index is 12.8. The van der Waals surface area contributed by atoms with Gasteiger partial charge in [0.1, 0.15) is 9.71 Å². The highest BCUT2D eigenvalue weighted by molar-refractivity contribution is 7.21. The van der Waals surface area contributed by atoms with Crippen LogP contribution in [0.5, 0.6) is 0 Å². The van der Waals surface area contributed by atoms with E-state index in [1.165, 1.54) is 5.56 Å². The molecule has 1 aromatic carbocycles. The zero-order valence-corrected chi connectivity index (χ0v) is 14.5. The van der Waals surface area contributed by atoms with Crippen LogP contribution in [-0.2, 0) is 6.42 Å². The van der Waals surface area contributed by atoms with Crippen LogP contribution in [0.25, 0.3) is 10.2 Å². The molecule has 25 heavy (non-hydrogen) atoms. The summed E-state index contributed by atoms with van der Waals surface area (Å²) in [5.74, 6) is -1.07. The molecule has 2 N–H and O–H groups in total. The van der Waals surface area contributed by atoms with Gasteiger partial charge in [-0.3, -0.25) is 4.90 Å². The van der Waals surface area contributed by atoms with Gasteiger partial charge in [-0.1, -0.05) is 19.1 Å². The number of amides is 2. The molecule has 0 saturated heterocycles. The van der Waals surface area contributed by atoms with Crippen molar-refractivity contribution in [2.75, 3.05) is 10.2 Å². The van der Waals surface area contributed by atoms with Crippen LogP contribution < -0.4 is 10.2 Å². The van der Waals surface area contributed by atoms with Gasteiger partial charge in [0.15, 0.2) is 0 Å². The first-order chi connectivity index (χ1) is 12.0. The number of hydrogen-bond donors (Lipinski definition) is 2. The summed E-state index contributed by atoms with van der Waals surface area (Å²) in [5, 5.41) is 12.8. The monoisotopic (exact) mass is 353 g/mol. The Bertz CT molecular complexity index is 1040. The van der Waals surface area contributed by atoms with Crippen molar-refractivity contribution in [2.24, 2.45) is 0 Å². The number of carbonyl (C=O) groups is 2. The Hall–Kier alpha value is -2.93. The maximum Gasteiger partial charge on any atom is 0.348 e. The predicted molar refractivity (Wildman–Crippen MR) is 98.3 cm³/mol. The molecule has 0 spiro atoms. The molecule has 0 fully saturated rings. The number of nitrogens with zero attached hydrogens (tertiary/aromatic N) is 2. The van der Waals surface area contributed by atoms with E-state index in [2.05, 4.69) is 23.3 Å². The normalized spacial score (nSPS) is 13.2. The first-order valence-corrected chi connectivity index (χ1v) is 8.68. The summed E-state index contributed by atoms with van der Waals surface area (Å²) in [5.41, 5.74) is 3.94. The third kappa shape index (κ3) is 2.27. The molecule has 7 heteroatoms. The second-order valence-corrected chi connectivity index (χ2v) is 6.86. The van der Waals surface area contributed by atoms with Gasteiger partial charge >= 0.3 is 12.0 Å². The van der Waals surface area contributed by atoms with Crippen LogP contribution in [0.3, 0.4) is 0 Å². The number of aryl methyl sites for hydroxylation is 2. The standard InChI is InChI=1S/C18H15N3O3S/c1-3-10-4-5-11(9(2)8-10)21-12-6-7-19-16-13(12)14(20-18(21)24)15(25-16)17(22)23/h4-8H,3H2,1-2H3,(H,20,24)(H,22,23). The molecular weight excluding hydrogens is 338 g/mol. The number of benzene rings is 1. The van der Waals surface area contributed by atoms with E-state index in [0.717, 1.165) is 29.0 Å². The highest BCUT2D eigenvalue weighted by Gasteiger charge is 2.33. The van der Waals surface area contributed by atoms with Crippen LogP contribution in [0.4, 0.5) is 21.9 Å². The minimum Gasteiger partial charge on any atom is -0.477 e. The number of pyridine rings is 1. The number of carbonyl (C=O) groups excluding carboxylic acids is 1. The van der Waals surface area contributed by atoms with Crippen LogP contribution in [0.15, 0.2) is 30.5 Å². The van der Waals surface area contributed by atoms with Crippen molar-refractivity contribution in [3.63, 3.8) is 0 Å². The third-order valence-electron chi connectivity index (χ3n) is 4.35. The molecule has 6 nitrogen and oxygen atoms in total. The number of urea groups is 1. The average molecular weight is 353 g/mol. The maximum absolute atomic E-state index is 12.8. The molecule has 3 aromatic rings. The van der Waals surface area contributed by atoms with Gasteiger partial charge in [-0.05, 0) is 36.6 Å². The topological polar surface area (TPSA) is 82.5 Å². The number of rotatable bonds is 3. The number of carboxylic acid groups (broad SMARTS) is 1. The van der Waals surface area contributed by atoms with Crippen molar-refractivity contribution in [3.05, 3.63) is 46.5 Å². The van der Waals surface area contributed by atoms with Crippen molar-refractivity contribution in [1.82, 2.24) is 4.98 Å². The van der Waals surface area contributed by atoms with Gasteiger partial charge < -0.3 is 10.4 Å². The highest BCUT2D eigenvalue weighted by Crippen LogP contribution is 2.46. The molecule has 0 bridgehead atoms. The van der Waals surface area contributed by atoms with Crippen LogP contribution in [0, 0.1) is 6.92 Å². The lowest BCUT2D eigenvalue weighted by Gasteiger charge is -2.29. The third-order valence-corrected chi connectivity index (χ3v) is 5.44. The van der Waals surface area contributed by atoms with E-state index in [9.17, 15) is 14.7 Å². The van der Waals surface area contributed by atoms with Gasteiger partial charge in [0, 0.05) is 6.20 Å². The number of carboxylic acids is 1. The molecule has 3 heterocycles. The van der Waals surface area contributed by atoms with Crippen LogP contribution in [0.1, 0.15) is 27.7 Å². The molecule has 0 atom stereocenters. The van der Waals surface area contributed by atoms with Gasteiger partial charge in [0.05, 0.1) is 22.4 Å². The Labute approximate surface area is 147 Å². The van der Waals surface area contributed by atoms with Gasteiger partial charge in [0.2, 0.25) is 0 Å². The van der Waals surface area contributed by atoms with E-state index >= 15 is 0 Å². The fourth-order valence-electron chi connectivity index (χ4n) is 3.16. The Morgan fingerprint density at radius 2 is 2.12 bits per heavy atom. The predicted octanol–water partition coefficient (Wildman–Crippen LogP) is 4.55. The van der Waals surface area contributed by atoms with Gasteiger partial charge in [-0.15, -0.1) is 11.3 Å². The fraction of sp³-hybridized carbons (Fsp3) is 0.167. The number of thiophene rings is 1. The van der Waals surface area contributed by atoms with Crippen LogP contribution in [0.2, 0.25) is 0 Å². The minimum atomic E-state index is -1.07. The molecule has 126 valence electrons.